The van der Waals surface area contributed by atoms with Gasteiger partial charge in [0.1, 0.15) is 6.10 Å². The molecule has 1 aliphatic rings. The van der Waals surface area contributed by atoms with Crippen LogP contribution in [-0.2, 0) is 19.1 Å². The third kappa shape index (κ3) is 3.39. The highest BCUT2D eigenvalue weighted by atomic mass is 17.1. The van der Waals surface area contributed by atoms with Gasteiger partial charge in [-0.1, -0.05) is 0 Å². The summed E-state index contributed by atoms with van der Waals surface area (Å²) in [5.41, 5.74) is 0. The Labute approximate surface area is 93.4 Å². The lowest BCUT2D eigenvalue weighted by molar-refractivity contribution is -0.510. The molecule has 3 atom stereocenters. The van der Waals surface area contributed by atoms with Crippen molar-refractivity contribution in [1.82, 2.24) is 5.39 Å². The maximum absolute atomic E-state index is 11.3. The zero-order valence-electron chi connectivity index (χ0n) is 9.33. The Morgan fingerprint density at radius 1 is 1.25 bits per heavy atom. The predicted octanol–water partition coefficient (Wildman–Crippen LogP) is 0.355. The molecule has 0 heterocycles. The first-order chi connectivity index (χ1) is 7.58. The van der Waals surface area contributed by atoms with Gasteiger partial charge in [-0.15, -0.1) is 0 Å². The van der Waals surface area contributed by atoms with Crippen molar-refractivity contribution < 1.29 is 29.5 Å². The summed E-state index contributed by atoms with van der Waals surface area (Å²) in [4.78, 5) is 16.1. The van der Waals surface area contributed by atoms with Crippen molar-refractivity contribution in [3.63, 3.8) is 0 Å². The van der Waals surface area contributed by atoms with Gasteiger partial charge in [-0.3, -0.25) is 15.2 Å². The van der Waals surface area contributed by atoms with Gasteiger partial charge in [0.05, 0.1) is 24.5 Å². The van der Waals surface area contributed by atoms with E-state index in [0.717, 1.165) is 0 Å². The summed E-state index contributed by atoms with van der Waals surface area (Å²) < 4.78 is 9.80. The molecule has 0 radical (unpaired) electrons. The van der Waals surface area contributed by atoms with Crippen LogP contribution in [0.3, 0.4) is 0 Å². The van der Waals surface area contributed by atoms with Gasteiger partial charge < -0.3 is 9.47 Å². The van der Waals surface area contributed by atoms with Crippen molar-refractivity contribution in [1.29, 1.82) is 0 Å². The third-order valence-electron chi connectivity index (χ3n) is 2.80. The van der Waals surface area contributed by atoms with Crippen molar-refractivity contribution in [3.05, 3.63) is 0 Å². The molecule has 0 saturated heterocycles. The average Bonchev–Trinajstić information content (AvgIpc) is 2.27. The molecule has 16 heavy (non-hydrogen) atoms. The van der Waals surface area contributed by atoms with Crippen LogP contribution in [0.15, 0.2) is 0 Å². The zero-order chi connectivity index (χ0) is 12.1. The first-order valence-corrected chi connectivity index (χ1v) is 5.03. The van der Waals surface area contributed by atoms with Crippen molar-refractivity contribution in [3.8, 4) is 0 Å². The molecule has 0 unspecified atom stereocenters. The lowest BCUT2D eigenvalue weighted by atomic mass is 9.85. The Bertz CT molecular complexity index is 234. The number of hydrogen-bond acceptors (Lipinski definition) is 7. The number of carbonyl (C=O) groups excluding carboxylic acids is 1. The molecular formula is C9H17NO6. The van der Waals surface area contributed by atoms with Crippen LogP contribution in [0.1, 0.15) is 19.3 Å². The van der Waals surface area contributed by atoms with Crippen LogP contribution in [0.25, 0.3) is 0 Å². The van der Waals surface area contributed by atoms with E-state index in [4.69, 9.17) is 20.0 Å². The van der Waals surface area contributed by atoms with Gasteiger partial charge in [0.15, 0.2) is 0 Å². The number of rotatable bonds is 4. The molecule has 2 N–H and O–H groups in total. The molecule has 1 saturated carbocycles. The fraction of sp³-hybridized carbons (Fsp3) is 0.889. The first-order valence-electron chi connectivity index (χ1n) is 5.03. The number of esters is 1. The van der Waals surface area contributed by atoms with Gasteiger partial charge in [0.25, 0.3) is 0 Å². The summed E-state index contributed by atoms with van der Waals surface area (Å²) in [7, 11) is 2.83. The number of hydrogen-bond donors (Lipinski definition) is 2. The molecule has 7 heteroatoms. The second-order valence-corrected chi connectivity index (χ2v) is 3.70. The molecule has 94 valence electrons. The fourth-order valence-electron chi connectivity index (χ4n) is 1.97. The van der Waals surface area contributed by atoms with E-state index in [2.05, 4.69) is 4.74 Å². The van der Waals surface area contributed by atoms with Gasteiger partial charge in [-0.05, 0) is 19.3 Å². The summed E-state index contributed by atoms with van der Waals surface area (Å²) in [6.45, 7) is 0. The molecule has 1 rings (SSSR count). The number of methoxy groups -OCH3 is 2. The molecule has 1 aliphatic carbocycles. The van der Waals surface area contributed by atoms with Crippen LogP contribution >= 0.6 is 0 Å². The highest BCUT2D eigenvalue weighted by Crippen LogP contribution is 2.29. The van der Waals surface area contributed by atoms with E-state index in [1.807, 2.05) is 0 Å². The molecule has 0 spiro atoms. The summed E-state index contributed by atoms with van der Waals surface area (Å²) in [6.07, 6.45) is 0.684. The van der Waals surface area contributed by atoms with E-state index in [-0.39, 0.29) is 23.4 Å². The predicted molar refractivity (Wildman–Crippen MR) is 50.4 cm³/mol. The maximum Gasteiger partial charge on any atom is 0.308 e. The monoisotopic (exact) mass is 235 g/mol. The van der Waals surface area contributed by atoms with Crippen molar-refractivity contribution in [2.75, 3.05) is 14.2 Å². The SMILES string of the molecule is COC(=O)[C@H]1CC[C@@H](ON(O)O)[C@H](OC)C1. The van der Waals surface area contributed by atoms with Gasteiger partial charge in [-0.2, -0.15) is 0 Å². The smallest absolute Gasteiger partial charge is 0.308 e. The maximum atomic E-state index is 11.3. The first kappa shape index (κ1) is 13.3. The van der Waals surface area contributed by atoms with Crippen LogP contribution in [0.4, 0.5) is 0 Å². The van der Waals surface area contributed by atoms with Crippen LogP contribution in [0.2, 0.25) is 0 Å². The van der Waals surface area contributed by atoms with Gasteiger partial charge in [0, 0.05) is 7.11 Å². The average molecular weight is 235 g/mol. The molecule has 7 nitrogen and oxygen atoms in total. The zero-order valence-corrected chi connectivity index (χ0v) is 9.33. The summed E-state index contributed by atoms with van der Waals surface area (Å²) >= 11 is 0. The van der Waals surface area contributed by atoms with E-state index in [0.29, 0.717) is 19.3 Å². The Morgan fingerprint density at radius 2 is 1.94 bits per heavy atom. The molecule has 1 fully saturated rings. The van der Waals surface area contributed by atoms with Crippen LogP contribution in [0.5, 0.6) is 0 Å². The van der Waals surface area contributed by atoms with E-state index >= 15 is 0 Å². The Morgan fingerprint density at radius 3 is 2.44 bits per heavy atom. The van der Waals surface area contributed by atoms with Gasteiger partial charge in [-0.25, -0.2) is 4.84 Å². The van der Waals surface area contributed by atoms with Crippen LogP contribution in [-0.4, -0.2) is 48.2 Å². The highest BCUT2D eigenvalue weighted by molar-refractivity contribution is 5.72. The van der Waals surface area contributed by atoms with Crippen molar-refractivity contribution >= 4 is 5.97 Å². The summed E-state index contributed by atoms with van der Waals surface area (Å²) in [5, 5.41) is 16.8. The molecule has 0 amide bonds. The molecular weight excluding hydrogens is 218 g/mol. The normalized spacial score (nSPS) is 30.4. The summed E-state index contributed by atoms with van der Waals surface area (Å²) in [5.74, 6) is -0.494. The summed E-state index contributed by atoms with van der Waals surface area (Å²) in [6, 6.07) is 0. The van der Waals surface area contributed by atoms with E-state index in [1.165, 1.54) is 14.2 Å². The molecule has 0 bridgehead atoms. The second kappa shape index (κ2) is 6.12. The third-order valence-corrected chi connectivity index (χ3v) is 2.80. The fourth-order valence-corrected chi connectivity index (χ4v) is 1.97. The topological polar surface area (TPSA) is 88.5 Å². The lowest BCUT2D eigenvalue weighted by Gasteiger charge is -2.33. The molecule has 0 aromatic carbocycles. The number of carbonyl (C=O) groups is 1. The van der Waals surface area contributed by atoms with Crippen molar-refractivity contribution in [2.45, 2.75) is 31.5 Å². The number of nitrogens with zero attached hydrogens (tertiary/aromatic N) is 1. The largest absolute Gasteiger partial charge is 0.469 e. The second-order valence-electron chi connectivity index (χ2n) is 3.70. The van der Waals surface area contributed by atoms with Gasteiger partial charge in [0.2, 0.25) is 0 Å². The van der Waals surface area contributed by atoms with E-state index < -0.39 is 6.10 Å². The van der Waals surface area contributed by atoms with Crippen LogP contribution in [0, 0.1) is 5.92 Å². The molecule has 0 aliphatic heterocycles. The van der Waals surface area contributed by atoms with Crippen molar-refractivity contribution in [2.24, 2.45) is 5.92 Å². The standard InChI is InChI=1S/C9H17NO6/c1-14-8-5-6(9(11)15-2)3-4-7(8)16-10(12)13/h6-8,12-13H,3-5H2,1-2H3/t6-,7+,8+/m0/s1. The molecule has 0 aromatic rings. The Balaban J connectivity index is 2.53. The van der Waals surface area contributed by atoms with Crippen LogP contribution < -0.4 is 0 Å². The van der Waals surface area contributed by atoms with Gasteiger partial charge >= 0.3 is 5.97 Å². The Kier molecular flexibility index (Phi) is 5.10. The molecule has 0 aromatic heterocycles. The number of ether oxygens (including phenoxy) is 2. The minimum atomic E-state index is -0.471. The quantitative estimate of drug-likeness (QED) is 0.537. The Hall–Kier alpha value is -0.730. The minimum Gasteiger partial charge on any atom is -0.469 e. The minimum absolute atomic E-state index is 0.222. The lowest BCUT2D eigenvalue weighted by Crippen LogP contribution is -2.42. The van der Waals surface area contributed by atoms with E-state index in [1.54, 1.807) is 0 Å². The van der Waals surface area contributed by atoms with E-state index in [9.17, 15) is 4.79 Å². The highest BCUT2D eigenvalue weighted by Gasteiger charge is 2.36.